The van der Waals surface area contributed by atoms with Crippen molar-refractivity contribution in [3.05, 3.63) is 11.9 Å². The van der Waals surface area contributed by atoms with E-state index in [1.807, 2.05) is 6.92 Å². The Morgan fingerprint density at radius 2 is 2.22 bits per heavy atom. The number of methoxy groups -OCH3 is 2. The van der Waals surface area contributed by atoms with Crippen LogP contribution in [0.2, 0.25) is 0 Å². The number of nitrogens with two attached hydrogens (primary N) is 1. The number of ether oxygens (including phenoxy) is 3. The lowest BCUT2D eigenvalue weighted by Gasteiger charge is -2.30. The van der Waals surface area contributed by atoms with Gasteiger partial charge in [0.15, 0.2) is 0 Å². The minimum absolute atomic E-state index is 0.367. The zero-order valence-electron chi connectivity index (χ0n) is 11.0. The van der Waals surface area contributed by atoms with Gasteiger partial charge in [-0.1, -0.05) is 0 Å². The van der Waals surface area contributed by atoms with Crippen molar-refractivity contribution in [2.75, 3.05) is 20.8 Å². The van der Waals surface area contributed by atoms with Crippen molar-refractivity contribution in [1.29, 1.82) is 0 Å². The molecule has 1 fully saturated rings. The maximum atomic E-state index is 6.25. The van der Waals surface area contributed by atoms with Crippen LogP contribution in [0.1, 0.15) is 31.5 Å². The fourth-order valence-corrected chi connectivity index (χ4v) is 2.16. The van der Waals surface area contributed by atoms with Crippen LogP contribution in [0.15, 0.2) is 6.20 Å². The predicted molar refractivity (Wildman–Crippen MR) is 65.7 cm³/mol. The lowest BCUT2D eigenvalue weighted by molar-refractivity contribution is -0.00353. The normalized spacial score (nSPS) is 24.9. The van der Waals surface area contributed by atoms with Gasteiger partial charge in [0.2, 0.25) is 11.8 Å². The molecule has 1 aromatic rings. The van der Waals surface area contributed by atoms with E-state index in [-0.39, 0.29) is 6.04 Å². The first-order valence-electron chi connectivity index (χ1n) is 5.95. The Balaban J connectivity index is 2.32. The third-order valence-corrected chi connectivity index (χ3v) is 3.35. The zero-order valence-corrected chi connectivity index (χ0v) is 11.0. The molecule has 2 rings (SSSR count). The van der Waals surface area contributed by atoms with Crippen molar-refractivity contribution < 1.29 is 14.2 Å². The quantitative estimate of drug-likeness (QED) is 0.864. The molecular weight excluding hydrogens is 234 g/mol. The summed E-state index contributed by atoms with van der Waals surface area (Å²) in [7, 11) is 3.07. The molecule has 0 amide bonds. The van der Waals surface area contributed by atoms with Crippen molar-refractivity contribution in [2.24, 2.45) is 5.73 Å². The molecule has 2 atom stereocenters. The van der Waals surface area contributed by atoms with Crippen LogP contribution in [0.3, 0.4) is 0 Å². The topological polar surface area (TPSA) is 79.5 Å². The molecule has 2 N–H and O–H groups in total. The standard InChI is InChI=1S/C12H19N3O3/c1-12(5-4-6-18-12)10(13)9-11(17-3)15-8(16-2)7-14-9/h7,10H,4-6,13H2,1-3H3. The molecule has 2 unspecified atom stereocenters. The number of rotatable bonds is 4. The van der Waals surface area contributed by atoms with Crippen LogP contribution >= 0.6 is 0 Å². The average molecular weight is 253 g/mol. The van der Waals surface area contributed by atoms with Gasteiger partial charge >= 0.3 is 0 Å². The van der Waals surface area contributed by atoms with Crippen LogP contribution in [-0.4, -0.2) is 36.4 Å². The molecule has 1 aromatic heterocycles. The van der Waals surface area contributed by atoms with Gasteiger partial charge in [-0.2, -0.15) is 4.98 Å². The summed E-state index contributed by atoms with van der Waals surface area (Å²) >= 11 is 0. The van der Waals surface area contributed by atoms with Gasteiger partial charge in [-0.15, -0.1) is 0 Å². The minimum atomic E-state index is -0.406. The lowest BCUT2D eigenvalue weighted by Crippen LogP contribution is -2.38. The fourth-order valence-electron chi connectivity index (χ4n) is 2.16. The molecule has 0 radical (unpaired) electrons. The van der Waals surface area contributed by atoms with Gasteiger partial charge in [-0.05, 0) is 19.8 Å². The van der Waals surface area contributed by atoms with E-state index in [4.69, 9.17) is 19.9 Å². The highest BCUT2D eigenvalue weighted by Crippen LogP contribution is 2.37. The summed E-state index contributed by atoms with van der Waals surface area (Å²) in [5.74, 6) is 0.791. The Labute approximate surface area is 106 Å². The Kier molecular flexibility index (Phi) is 3.68. The van der Waals surface area contributed by atoms with Crippen LogP contribution in [0, 0.1) is 0 Å². The Morgan fingerprint density at radius 3 is 2.78 bits per heavy atom. The Morgan fingerprint density at radius 1 is 1.44 bits per heavy atom. The van der Waals surface area contributed by atoms with Gasteiger partial charge in [0, 0.05) is 6.61 Å². The maximum Gasteiger partial charge on any atom is 0.240 e. The first-order valence-corrected chi connectivity index (χ1v) is 5.95. The summed E-state index contributed by atoms with van der Waals surface area (Å²) in [6.07, 6.45) is 3.46. The highest BCUT2D eigenvalue weighted by atomic mass is 16.5. The van der Waals surface area contributed by atoms with Gasteiger partial charge in [-0.3, -0.25) is 0 Å². The molecule has 2 heterocycles. The van der Waals surface area contributed by atoms with Crippen molar-refractivity contribution in [3.8, 4) is 11.8 Å². The zero-order chi connectivity index (χ0) is 13.2. The number of hydrogen-bond acceptors (Lipinski definition) is 6. The molecule has 1 saturated heterocycles. The molecule has 0 spiro atoms. The molecule has 18 heavy (non-hydrogen) atoms. The molecule has 1 aliphatic heterocycles. The molecule has 6 nitrogen and oxygen atoms in total. The third kappa shape index (κ3) is 2.26. The molecule has 0 aliphatic carbocycles. The van der Waals surface area contributed by atoms with Crippen LogP contribution in [-0.2, 0) is 4.74 Å². The number of nitrogens with zero attached hydrogens (tertiary/aromatic N) is 2. The summed E-state index contributed by atoms with van der Waals surface area (Å²) in [5, 5.41) is 0. The van der Waals surface area contributed by atoms with E-state index in [1.165, 1.54) is 20.4 Å². The highest BCUT2D eigenvalue weighted by molar-refractivity contribution is 5.27. The van der Waals surface area contributed by atoms with Crippen molar-refractivity contribution >= 4 is 0 Å². The number of hydrogen-bond donors (Lipinski definition) is 1. The summed E-state index contributed by atoms with van der Waals surface area (Å²) in [5.41, 5.74) is 6.45. The van der Waals surface area contributed by atoms with E-state index in [1.54, 1.807) is 0 Å². The van der Waals surface area contributed by atoms with Crippen LogP contribution in [0.5, 0.6) is 11.8 Å². The SMILES string of the molecule is COc1cnc(C(N)C2(C)CCCO2)c(OC)n1. The van der Waals surface area contributed by atoms with Gasteiger partial charge in [0.25, 0.3) is 0 Å². The second-order valence-corrected chi connectivity index (χ2v) is 4.55. The van der Waals surface area contributed by atoms with Crippen molar-refractivity contribution in [3.63, 3.8) is 0 Å². The van der Waals surface area contributed by atoms with E-state index in [0.29, 0.717) is 17.5 Å². The first kappa shape index (κ1) is 13.0. The van der Waals surface area contributed by atoms with Gasteiger partial charge < -0.3 is 19.9 Å². The smallest absolute Gasteiger partial charge is 0.240 e. The van der Waals surface area contributed by atoms with E-state index in [2.05, 4.69) is 9.97 Å². The summed E-state index contributed by atoms with van der Waals surface area (Å²) < 4.78 is 16.0. The van der Waals surface area contributed by atoms with Gasteiger partial charge in [-0.25, -0.2) is 4.98 Å². The first-order chi connectivity index (χ1) is 8.60. The molecular formula is C12H19N3O3. The summed E-state index contributed by atoms with van der Waals surface area (Å²) in [6.45, 7) is 2.73. The fraction of sp³-hybridized carbons (Fsp3) is 0.667. The maximum absolute atomic E-state index is 6.25. The lowest BCUT2D eigenvalue weighted by atomic mass is 9.91. The average Bonchev–Trinajstić information content (AvgIpc) is 2.85. The number of aromatic nitrogens is 2. The molecule has 0 aromatic carbocycles. The highest BCUT2D eigenvalue weighted by Gasteiger charge is 2.39. The predicted octanol–water partition coefficient (Wildman–Crippen LogP) is 1.06. The van der Waals surface area contributed by atoms with Crippen molar-refractivity contribution in [2.45, 2.75) is 31.4 Å². The van der Waals surface area contributed by atoms with Gasteiger partial charge in [0.05, 0.1) is 32.1 Å². The molecule has 100 valence electrons. The summed E-state index contributed by atoms with van der Waals surface area (Å²) in [6, 6.07) is -0.367. The van der Waals surface area contributed by atoms with Crippen LogP contribution in [0.25, 0.3) is 0 Å². The Hall–Kier alpha value is -1.40. The van der Waals surface area contributed by atoms with Crippen LogP contribution < -0.4 is 15.2 Å². The van der Waals surface area contributed by atoms with Gasteiger partial charge in [0.1, 0.15) is 5.69 Å². The van der Waals surface area contributed by atoms with E-state index in [9.17, 15) is 0 Å². The monoisotopic (exact) mass is 253 g/mol. The molecule has 0 bridgehead atoms. The summed E-state index contributed by atoms with van der Waals surface area (Å²) in [4.78, 5) is 8.48. The third-order valence-electron chi connectivity index (χ3n) is 3.35. The van der Waals surface area contributed by atoms with E-state index < -0.39 is 5.60 Å². The van der Waals surface area contributed by atoms with E-state index >= 15 is 0 Å². The van der Waals surface area contributed by atoms with E-state index in [0.717, 1.165) is 19.4 Å². The van der Waals surface area contributed by atoms with Crippen LogP contribution in [0.4, 0.5) is 0 Å². The molecule has 6 heteroatoms. The molecule has 0 saturated carbocycles. The second-order valence-electron chi connectivity index (χ2n) is 4.55. The minimum Gasteiger partial charge on any atom is -0.480 e. The Bertz CT molecular complexity index is 419. The largest absolute Gasteiger partial charge is 0.480 e. The van der Waals surface area contributed by atoms with Crippen molar-refractivity contribution in [1.82, 2.24) is 9.97 Å². The molecule has 1 aliphatic rings. The second kappa shape index (κ2) is 5.07.